The van der Waals surface area contributed by atoms with Crippen molar-refractivity contribution in [1.29, 1.82) is 0 Å². The third-order valence-electron chi connectivity index (χ3n) is 4.57. The minimum Gasteiger partial charge on any atom is -0.352 e. The van der Waals surface area contributed by atoms with Crippen LogP contribution in [-0.4, -0.2) is 27.2 Å². The lowest BCUT2D eigenvalue weighted by Crippen LogP contribution is -2.24. The molecule has 2 aromatic heterocycles. The maximum Gasteiger partial charge on any atom is 0.252 e. The largest absolute Gasteiger partial charge is 0.352 e. The standard InChI is InChI=1S/C21H26N4O/c1-4-5-6-9-12-22-21(26)17-13-20(18-14-25(3)24-15(18)2)23-19-11-8-7-10-16(17)19/h7-8,10-11,13-14H,4-6,9,12H2,1-3H3,(H,22,26). The highest BCUT2D eigenvalue weighted by Crippen LogP contribution is 2.26. The van der Waals surface area contributed by atoms with Crippen molar-refractivity contribution in [2.45, 2.75) is 39.5 Å². The summed E-state index contributed by atoms with van der Waals surface area (Å²) in [6.45, 7) is 4.85. The molecule has 0 unspecified atom stereocenters. The molecule has 0 atom stereocenters. The summed E-state index contributed by atoms with van der Waals surface area (Å²) < 4.78 is 1.77. The fourth-order valence-electron chi connectivity index (χ4n) is 3.20. The number of aryl methyl sites for hydroxylation is 2. The van der Waals surface area contributed by atoms with Gasteiger partial charge in [0.25, 0.3) is 5.91 Å². The highest BCUT2D eigenvalue weighted by atomic mass is 16.1. The second-order valence-electron chi connectivity index (χ2n) is 6.69. The van der Waals surface area contributed by atoms with Crippen LogP contribution in [0.2, 0.25) is 0 Å². The van der Waals surface area contributed by atoms with Crippen LogP contribution in [0.15, 0.2) is 36.5 Å². The van der Waals surface area contributed by atoms with Gasteiger partial charge in [0.15, 0.2) is 0 Å². The zero-order chi connectivity index (χ0) is 18.5. The number of nitrogens with zero attached hydrogens (tertiary/aromatic N) is 3. The number of hydrogen-bond donors (Lipinski definition) is 1. The van der Waals surface area contributed by atoms with Crippen molar-refractivity contribution < 1.29 is 4.79 Å². The van der Waals surface area contributed by atoms with Crippen LogP contribution in [0.5, 0.6) is 0 Å². The molecule has 3 rings (SSSR count). The first-order valence-electron chi connectivity index (χ1n) is 9.28. The number of aromatic nitrogens is 3. The lowest BCUT2D eigenvalue weighted by atomic mass is 10.0. The molecule has 5 heteroatoms. The summed E-state index contributed by atoms with van der Waals surface area (Å²) in [5, 5.41) is 8.34. The Hall–Kier alpha value is -2.69. The Morgan fingerprint density at radius 1 is 1.19 bits per heavy atom. The van der Waals surface area contributed by atoms with E-state index in [1.807, 2.05) is 50.5 Å². The van der Waals surface area contributed by atoms with E-state index in [4.69, 9.17) is 4.98 Å². The molecule has 1 aromatic carbocycles. The SMILES string of the molecule is CCCCCCNC(=O)c1cc(-c2cn(C)nc2C)nc2ccccc12. The van der Waals surface area contributed by atoms with Gasteiger partial charge >= 0.3 is 0 Å². The van der Waals surface area contributed by atoms with E-state index in [1.165, 1.54) is 12.8 Å². The number of hydrogen-bond acceptors (Lipinski definition) is 3. The summed E-state index contributed by atoms with van der Waals surface area (Å²) in [5.41, 5.74) is 4.13. The van der Waals surface area contributed by atoms with E-state index >= 15 is 0 Å². The van der Waals surface area contributed by atoms with Gasteiger partial charge < -0.3 is 5.32 Å². The van der Waals surface area contributed by atoms with E-state index in [0.717, 1.165) is 40.7 Å². The topological polar surface area (TPSA) is 59.8 Å². The third-order valence-corrected chi connectivity index (χ3v) is 4.57. The van der Waals surface area contributed by atoms with Crippen LogP contribution in [0.3, 0.4) is 0 Å². The number of fused-ring (bicyclic) bond motifs is 1. The van der Waals surface area contributed by atoms with Gasteiger partial charge in [0.1, 0.15) is 0 Å². The minimum atomic E-state index is -0.0390. The van der Waals surface area contributed by atoms with Gasteiger partial charge in [0.05, 0.1) is 22.5 Å². The molecule has 2 heterocycles. The summed E-state index contributed by atoms with van der Waals surface area (Å²) >= 11 is 0. The van der Waals surface area contributed by atoms with Gasteiger partial charge in [0.2, 0.25) is 0 Å². The van der Waals surface area contributed by atoms with Crippen LogP contribution < -0.4 is 5.32 Å². The Kier molecular flexibility index (Phi) is 5.66. The number of amides is 1. The minimum absolute atomic E-state index is 0.0390. The lowest BCUT2D eigenvalue weighted by molar-refractivity contribution is 0.0954. The van der Waals surface area contributed by atoms with Crippen LogP contribution in [-0.2, 0) is 7.05 Å². The van der Waals surface area contributed by atoms with Crippen molar-refractivity contribution in [2.75, 3.05) is 6.54 Å². The fourth-order valence-corrected chi connectivity index (χ4v) is 3.20. The first-order valence-corrected chi connectivity index (χ1v) is 9.28. The average molecular weight is 350 g/mol. The second kappa shape index (κ2) is 8.13. The summed E-state index contributed by atoms with van der Waals surface area (Å²) in [7, 11) is 1.89. The van der Waals surface area contributed by atoms with Crippen molar-refractivity contribution in [3.63, 3.8) is 0 Å². The zero-order valence-corrected chi connectivity index (χ0v) is 15.7. The molecule has 26 heavy (non-hydrogen) atoms. The molecular weight excluding hydrogens is 324 g/mol. The summed E-state index contributed by atoms with van der Waals surface area (Å²) in [6, 6.07) is 9.67. The average Bonchev–Trinajstić information content (AvgIpc) is 2.98. The number of unbranched alkanes of at least 4 members (excludes halogenated alkanes) is 3. The molecule has 1 amide bonds. The van der Waals surface area contributed by atoms with Crippen molar-refractivity contribution in [3.05, 3.63) is 47.8 Å². The van der Waals surface area contributed by atoms with Crippen LogP contribution in [0.4, 0.5) is 0 Å². The molecule has 5 nitrogen and oxygen atoms in total. The highest BCUT2D eigenvalue weighted by Gasteiger charge is 2.15. The molecule has 0 aliphatic rings. The van der Waals surface area contributed by atoms with Crippen molar-refractivity contribution >= 4 is 16.8 Å². The Morgan fingerprint density at radius 2 is 2.00 bits per heavy atom. The molecular formula is C21H26N4O. The maximum atomic E-state index is 12.8. The lowest BCUT2D eigenvalue weighted by Gasteiger charge is -2.10. The van der Waals surface area contributed by atoms with Crippen molar-refractivity contribution in [3.8, 4) is 11.3 Å². The van der Waals surface area contributed by atoms with Crippen LogP contribution in [0, 0.1) is 6.92 Å². The number of carbonyl (C=O) groups excluding carboxylic acids is 1. The van der Waals surface area contributed by atoms with E-state index < -0.39 is 0 Å². The normalized spacial score (nSPS) is 11.0. The Balaban J connectivity index is 1.93. The van der Waals surface area contributed by atoms with Gasteiger partial charge in [-0.1, -0.05) is 44.4 Å². The highest BCUT2D eigenvalue weighted by molar-refractivity contribution is 6.07. The Labute approximate surface area is 154 Å². The molecule has 136 valence electrons. The van der Waals surface area contributed by atoms with E-state index in [2.05, 4.69) is 17.3 Å². The molecule has 0 saturated heterocycles. The van der Waals surface area contributed by atoms with Gasteiger partial charge in [-0.15, -0.1) is 0 Å². The van der Waals surface area contributed by atoms with Gasteiger partial charge in [-0.3, -0.25) is 9.48 Å². The summed E-state index contributed by atoms with van der Waals surface area (Å²) in [4.78, 5) is 17.6. The quantitative estimate of drug-likeness (QED) is 0.648. The zero-order valence-electron chi connectivity index (χ0n) is 15.7. The number of benzene rings is 1. The predicted molar refractivity (Wildman–Crippen MR) is 105 cm³/mol. The molecule has 0 aliphatic heterocycles. The van der Waals surface area contributed by atoms with Gasteiger partial charge in [0, 0.05) is 30.7 Å². The Morgan fingerprint density at radius 3 is 2.73 bits per heavy atom. The van der Waals surface area contributed by atoms with E-state index in [-0.39, 0.29) is 5.91 Å². The van der Waals surface area contributed by atoms with E-state index in [1.54, 1.807) is 4.68 Å². The number of carbonyl (C=O) groups is 1. The number of rotatable bonds is 7. The summed E-state index contributed by atoms with van der Waals surface area (Å²) in [5.74, 6) is -0.0390. The predicted octanol–water partition coefficient (Wildman–Crippen LogP) is 4.25. The first-order chi connectivity index (χ1) is 12.6. The first kappa shape index (κ1) is 18.1. The van der Waals surface area contributed by atoms with E-state index in [9.17, 15) is 4.79 Å². The Bertz CT molecular complexity index is 914. The molecule has 0 spiro atoms. The van der Waals surface area contributed by atoms with Crippen LogP contribution >= 0.6 is 0 Å². The monoisotopic (exact) mass is 350 g/mol. The van der Waals surface area contributed by atoms with Crippen molar-refractivity contribution in [1.82, 2.24) is 20.1 Å². The summed E-state index contributed by atoms with van der Waals surface area (Å²) in [6.07, 6.45) is 6.50. The molecule has 0 bridgehead atoms. The number of para-hydroxylation sites is 1. The fraction of sp³-hybridized carbons (Fsp3) is 0.381. The second-order valence-corrected chi connectivity index (χ2v) is 6.69. The van der Waals surface area contributed by atoms with Gasteiger partial charge in [-0.2, -0.15) is 5.10 Å². The molecule has 0 saturated carbocycles. The van der Waals surface area contributed by atoms with Gasteiger partial charge in [-0.05, 0) is 25.5 Å². The smallest absolute Gasteiger partial charge is 0.252 e. The maximum absolute atomic E-state index is 12.8. The molecule has 3 aromatic rings. The van der Waals surface area contributed by atoms with Crippen LogP contribution in [0.1, 0.15) is 48.7 Å². The third kappa shape index (κ3) is 3.93. The number of nitrogens with one attached hydrogen (secondary N) is 1. The van der Waals surface area contributed by atoms with Crippen LogP contribution in [0.25, 0.3) is 22.2 Å². The molecule has 0 fully saturated rings. The molecule has 1 N–H and O–H groups in total. The van der Waals surface area contributed by atoms with Gasteiger partial charge in [-0.25, -0.2) is 4.98 Å². The number of pyridine rings is 1. The molecule has 0 radical (unpaired) electrons. The van der Waals surface area contributed by atoms with E-state index in [0.29, 0.717) is 12.1 Å². The van der Waals surface area contributed by atoms with Crippen molar-refractivity contribution in [2.24, 2.45) is 7.05 Å². The molecule has 0 aliphatic carbocycles.